The molecule has 3 N–H and O–H groups in total. The Morgan fingerprint density at radius 1 is 1.11 bits per heavy atom. The number of nitrogens with zero attached hydrogens (tertiary/aromatic N) is 2. The van der Waals surface area contributed by atoms with Gasteiger partial charge in [-0.2, -0.15) is 13.2 Å². The number of carbonyl (C=O) groups is 3. The molecule has 2 amide bonds. The number of imidazole rings is 1. The van der Waals surface area contributed by atoms with Gasteiger partial charge >= 0.3 is 6.18 Å². The van der Waals surface area contributed by atoms with Crippen molar-refractivity contribution in [2.24, 2.45) is 7.05 Å². The molecule has 2 aromatic heterocycles. The molecular weight excluding hydrogens is 470 g/mol. The number of alkyl halides is 3. The molecule has 2 heterocycles. The van der Waals surface area contributed by atoms with Gasteiger partial charge < -0.3 is 20.2 Å². The van der Waals surface area contributed by atoms with Crippen molar-refractivity contribution in [2.45, 2.75) is 39.4 Å². The van der Waals surface area contributed by atoms with Gasteiger partial charge in [0.15, 0.2) is 0 Å². The summed E-state index contributed by atoms with van der Waals surface area (Å²) in [6.07, 6.45) is -2.01. The second-order valence-corrected chi connectivity index (χ2v) is 8.51. The normalized spacial score (nSPS) is 11.9. The Hall–Kier alpha value is -3.96. The molecule has 186 valence electrons. The summed E-state index contributed by atoms with van der Waals surface area (Å²) in [6, 6.07) is 2.07. The number of aromatic nitrogens is 3. The molecule has 0 bridgehead atoms. The van der Waals surface area contributed by atoms with Crippen LogP contribution >= 0.6 is 0 Å². The third kappa shape index (κ3) is 4.96. The number of Topliss-reactive ketones (excluding diaryl/α,β-unsaturated/α-hetero) is 1. The second kappa shape index (κ2) is 9.01. The average molecular weight is 493 g/mol. The molecule has 35 heavy (non-hydrogen) atoms. The number of hydrogen-bond donors (Lipinski definition) is 3. The largest absolute Gasteiger partial charge is 0.419 e. The highest BCUT2D eigenvalue weighted by Gasteiger charge is 2.35. The van der Waals surface area contributed by atoms with E-state index >= 15 is 0 Å². The molecule has 0 aliphatic rings. The Labute approximate surface area is 197 Å². The lowest BCUT2D eigenvalue weighted by Gasteiger charge is -2.24. The van der Waals surface area contributed by atoms with Crippen molar-refractivity contribution in [1.29, 1.82) is 0 Å². The maximum Gasteiger partial charge on any atom is 0.419 e. The zero-order valence-corrected chi connectivity index (χ0v) is 19.5. The summed E-state index contributed by atoms with van der Waals surface area (Å²) in [6.45, 7) is 6.33. The molecule has 0 spiro atoms. The maximum atomic E-state index is 13.6. The van der Waals surface area contributed by atoms with Gasteiger partial charge in [-0.1, -0.05) is 0 Å². The van der Waals surface area contributed by atoms with E-state index < -0.39 is 40.7 Å². The summed E-state index contributed by atoms with van der Waals surface area (Å²) >= 11 is 0. The monoisotopic (exact) mass is 493 g/mol. The minimum Gasteiger partial charge on any atom is -0.347 e. The van der Waals surface area contributed by atoms with Crippen molar-refractivity contribution < 1.29 is 31.9 Å². The number of halogens is 4. The van der Waals surface area contributed by atoms with E-state index in [9.17, 15) is 31.9 Å². The van der Waals surface area contributed by atoms with Gasteiger partial charge in [0, 0.05) is 18.4 Å². The SMILES string of the molecule is Cc1c(C(=O)C(=O)NC(C)(C)c2cnc[nH]2)c(C)n(C)c1C(=O)Nc1ccc(F)c(C(F)(F)F)c1. The number of H-pyrrole nitrogens is 1. The zero-order chi connectivity index (χ0) is 26.3. The van der Waals surface area contributed by atoms with Crippen LogP contribution in [-0.2, 0) is 23.6 Å². The fraction of sp³-hybridized carbons (Fsp3) is 0.304. The van der Waals surface area contributed by atoms with Crippen LogP contribution in [0, 0.1) is 19.7 Å². The zero-order valence-electron chi connectivity index (χ0n) is 19.5. The Bertz CT molecular complexity index is 1310. The number of benzene rings is 1. The number of anilines is 1. The summed E-state index contributed by atoms with van der Waals surface area (Å²) in [7, 11) is 1.48. The first kappa shape index (κ1) is 25.7. The first-order chi connectivity index (χ1) is 16.1. The van der Waals surface area contributed by atoms with Gasteiger partial charge in [0.25, 0.3) is 17.6 Å². The van der Waals surface area contributed by atoms with E-state index in [4.69, 9.17) is 0 Å². The second-order valence-electron chi connectivity index (χ2n) is 8.51. The van der Waals surface area contributed by atoms with E-state index in [2.05, 4.69) is 20.6 Å². The first-order valence-electron chi connectivity index (χ1n) is 10.3. The van der Waals surface area contributed by atoms with Crippen LogP contribution in [0.25, 0.3) is 0 Å². The van der Waals surface area contributed by atoms with Crippen LogP contribution in [0.4, 0.5) is 23.2 Å². The third-order valence-corrected chi connectivity index (χ3v) is 5.71. The summed E-state index contributed by atoms with van der Waals surface area (Å²) in [5.41, 5.74) is -1.76. The van der Waals surface area contributed by atoms with Crippen LogP contribution < -0.4 is 10.6 Å². The molecule has 0 saturated carbocycles. The number of amides is 2. The van der Waals surface area contributed by atoms with Gasteiger partial charge in [-0.15, -0.1) is 0 Å². The van der Waals surface area contributed by atoms with Crippen molar-refractivity contribution >= 4 is 23.3 Å². The Morgan fingerprint density at radius 3 is 2.34 bits per heavy atom. The molecule has 12 heteroatoms. The number of aromatic amines is 1. The van der Waals surface area contributed by atoms with Gasteiger partial charge in [0.2, 0.25) is 0 Å². The molecule has 0 saturated heterocycles. The van der Waals surface area contributed by atoms with Crippen molar-refractivity contribution in [2.75, 3.05) is 5.32 Å². The van der Waals surface area contributed by atoms with Gasteiger partial charge in [-0.3, -0.25) is 14.4 Å². The molecule has 1 aromatic carbocycles. The van der Waals surface area contributed by atoms with Crippen LogP contribution in [0.3, 0.4) is 0 Å². The molecule has 0 unspecified atom stereocenters. The van der Waals surface area contributed by atoms with E-state index in [1.165, 1.54) is 38.0 Å². The predicted molar refractivity (Wildman–Crippen MR) is 118 cm³/mol. The molecule has 0 aliphatic heterocycles. The molecule has 0 fully saturated rings. The van der Waals surface area contributed by atoms with Crippen LogP contribution in [-0.4, -0.2) is 32.1 Å². The summed E-state index contributed by atoms with van der Waals surface area (Å²) in [4.78, 5) is 45.5. The summed E-state index contributed by atoms with van der Waals surface area (Å²) in [5, 5.41) is 4.92. The van der Waals surface area contributed by atoms with Crippen molar-refractivity contribution in [1.82, 2.24) is 19.9 Å². The van der Waals surface area contributed by atoms with Crippen LogP contribution in [0.5, 0.6) is 0 Å². The highest BCUT2D eigenvalue weighted by atomic mass is 19.4. The molecule has 0 radical (unpaired) electrons. The summed E-state index contributed by atoms with van der Waals surface area (Å²) < 4.78 is 53.9. The lowest BCUT2D eigenvalue weighted by atomic mass is 9.99. The lowest BCUT2D eigenvalue weighted by Crippen LogP contribution is -2.44. The average Bonchev–Trinajstić information content (AvgIpc) is 3.36. The highest BCUT2D eigenvalue weighted by Crippen LogP contribution is 2.33. The smallest absolute Gasteiger partial charge is 0.347 e. The first-order valence-corrected chi connectivity index (χ1v) is 10.3. The molecule has 8 nitrogen and oxygen atoms in total. The maximum absolute atomic E-state index is 13.6. The predicted octanol–water partition coefficient (Wildman–Crippen LogP) is 4.01. The van der Waals surface area contributed by atoms with E-state index in [1.807, 2.05) is 0 Å². The number of hydrogen-bond acceptors (Lipinski definition) is 4. The fourth-order valence-electron chi connectivity index (χ4n) is 3.76. The van der Waals surface area contributed by atoms with Gasteiger partial charge in [0.05, 0.1) is 34.9 Å². The molecule has 0 aliphatic carbocycles. The number of rotatable bonds is 6. The molecule has 3 aromatic rings. The van der Waals surface area contributed by atoms with Crippen LogP contribution in [0.2, 0.25) is 0 Å². The topological polar surface area (TPSA) is 109 Å². The number of ketones is 1. The van der Waals surface area contributed by atoms with E-state index in [-0.39, 0.29) is 22.5 Å². The van der Waals surface area contributed by atoms with Gasteiger partial charge in [-0.25, -0.2) is 9.37 Å². The van der Waals surface area contributed by atoms with Crippen molar-refractivity contribution in [3.05, 3.63) is 70.3 Å². The van der Waals surface area contributed by atoms with E-state index in [1.54, 1.807) is 13.8 Å². The van der Waals surface area contributed by atoms with E-state index in [0.29, 0.717) is 23.5 Å². The Kier molecular flexibility index (Phi) is 6.60. The molecular formula is C23H23F4N5O3. The van der Waals surface area contributed by atoms with Crippen molar-refractivity contribution in [3.63, 3.8) is 0 Å². The van der Waals surface area contributed by atoms with Gasteiger partial charge in [0.1, 0.15) is 11.5 Å². The minimum absolute atomic E-state index is 0.00866. The van der Waals surface area contributed by atoms with Crippen LogP contribution in [0.15, 0.2) is 30.7 Å². The Morgan fingerprint density at radius 2 is 1.77 bits per heavy atom. The fourth-order valence-corrected chi connectivity index (χ4v) is 3.76. The third-order valence-electron chi connectivity index (χ3n) is 5.71. The molecule has 0 atom stereocenters. The lowest BCUT2D eigenvalue weighted by molar-refractivity contribution is -0.140. The standard InChI is InChI=1S/C23H23F4N5O3/c1-11-17(19(33)21(35)31-22(3,4)16-9-28-10-29-16)12(2)32(5)18(11)20(34)30-13-6-7-15(24)14(8-13)23(25,26)27/h6-10H,1-5H3,(H,28,29)(H,30,34)(H,31,35). The molecule has 3 rings (SSSR count). The Balaban J connectivity index is 1.89. The number of carbonyl (C=O) groups excluding carboxylic acids is 3. The quantitative estimate of drug-likeness (QED) is 0.274. The van der Waals surface area contributed by atoms with E-state index in [0.717, 1.165) is 6.07 Å². The minimum atomic E-state index is -4.95. The van der Waals surface area contributed by atoms with Gasteiger partial charge in [-0.05, 0) is 51.5 Å². The summed E-state index contributed by atoms with van der Waals surface area (Å²) in [5.74, 6) is -4.10. The van der Waals surface area contributed by atoms with Crippen molar-refractivity contribution in [3.8, 4) is 0 Å². The van der Waals surface area contributed by atoms with Crippen LogP contribution in [0.1, 0.15) is 57.2 Å². The highest BCUT2D eigenvalue weighted by molar-refractivity contribution is 6.43. The number of nitrogens with one attached hydrogen (secondary N) is 3.